The first-order valence-corrected chi connectivity index (χ1v) is 14.1. The highest BCUT2D eigenvalue weighted by molar-refractivity contribution is 7.25. The maximum absolute atomic E-state index is 2.42. The van der Waals surface area contributed by atoms with Gasteiger partial charge in [-0.05, 0) is 60.7 Å². The SMILES string of the molecule is c1ccc2c(c1)sc1cc3c4ccccc4n(-c4ccc(-n5c6ccccc6c6ccccc65)cc4)c3cc12. The molecule has 0 atom stereocenters. The highest BCUT2D eigenvalue weighted by Crippen LogP contribution is 2.40. The molecule has 3 heteroatoms. The van der Waals surface area contributed by atoms with Crippen molar-refractivity contribution in [3.05, 3.63) is 133 Å². The normalized spacial score (nSPS) is 12.1. The Labute approximate surface area is 228 Å². The average molecular weight is 515 g/mol. The van der Waals surface area contributed by atoms with E-state index in [9.17, 15) is 0 Å². The molecule has 0 bridgehead atoms. The van der Waals surface area contributed by atoms with Crippen LogP contribution in [0.5, 0.6) is 0 Å². The highest BCUT2D eigenvalue weighted by atomic mass is 32.1. The van der Waals surface area contributed by atoms with Crippen LogP contribution in [0.25, 0.3) is 75.2 Å². The number of nitrogens with zero attached hydrogens (tertiary/aromatic N) is 2. The van der Waals surface area contributed by atoms with Gasteiger partial charge >= 0.3 is 0 Å². The smallest absolute Gasteiger partial charge is 0.0548 e. The monoisotopic (exact) mass is 514 g/mol. The summed E-state index contributed by atoms with van der Waals surface area (Å²) in [6.45, 7) is 0. The van der Waals surface area contributed by atoms with Crippen molar-refractivity contribution >= 4 is 75.1 Å². The van der Waals surface area contributed by atoms with E-state index in [-0.39, 0.29) is 0 Å². The molecule has 0 fully saturated rings. The molecule has 9 rings (SSSR count). The Kier molecular flexibility index (Phi) is 4.24. The molecule has 0 amide bonds. The molecule has 0 aliphatic rings. The molecule has 0 unspecified atom stereocenters. The zero-order valence-electron chi connectivity index (χ0n) is 21.0. The topological polar surface area (TPSA) is 9.86 Å². The van der Waals surface area contributed by atoms with Crippen LogP contribution in [-0.4, -0.2) is 9.13 Å². The van der Waals surface area contributed by atoms with Crippen LogP contribution in [0.1, 0.15) is 0 Å². The first-order valence-electron chi connectivity index (χ1n) is 13.3. The van der Waals surface area contributed by atoms with Gasteiger partial charge in [-0.3, -0.25) is 0 Å². The van der Waals surface area contributed by atoms with E-state index in [2.05, 4.69) is 143 Å². The minimum atomic E-state index is 1.17. The summed E-state index contributed by atoms with van der Waals surface area (Å²) in [5, 5.41) is 7.82. The van der Waals surface area contributed by atoms with Crippen LogP contribution in [-0.2, 0) is 0 Å². The van der Waals surface area contributed by atoms with Crippen LogP contribution in [0.2, 0.25) is 0 Å². The molecule has 0 saturated heterocycles. The maximum atomic E-state index is 2.42. The minimum Gasteiger partial charge on any atom is -0.309 e. The number of fused-ring (bicyclic) bond motifs is 9. The van der Waals surface area contributed by atoms with Crippen molar-refractivity contribution in [3.63, 3.8) is 0 Å². The second-order valence-corrected chi connectivity index (χ2v) is 11.3. The standard InChI is InChI=1S/C36H22N2S/c1-5-13-31-25(9-1)26-10-2-6-14-32(26)37(31)23-17-19-24(20-18-23)38-33-15-7-3-11-27(33)29-22-36-30(21-34(29)38)28-12-4-8-16-35(28)39-36/h1-22H. The lowest BCUT2D eigenvalue weighted by Crippen LogP contribution is -1.97. The molecule has 0 saturated carbocycles. The zero-order valence-corrected chi connectivity index (χ0v) is 21.8. The van der Waals surface area contributed by atoms with Gasteiger partial charge in [-0.2, -0.15) is 0 Å². The Hall–Kier alpha value is -4.86. The predicted octanol–water partition coefficient (Wildman–Crippen LogP) is 10.2. The molecule has 0 radical (unpaired) electrons. The van der Waals surface area contributed by atoms with Gasteiger partial charge in [0.2, 0.25) is 0 Å². The van der Waals surface area contributed by atoms with Crippen molar-refractivity contribution in [1.82, 2.24) is 9.13 Å². The van der Waals surface area contributed by atoms with Crippen LogP contribution < -0.4 is 0 Å². The van der Waals surface area contributed by atoms with Crippen molar-refractivity contribution in [2.75, 3.05) is 0 Å². The summed E-state index contributed by atoms with van der Waals surface area (Å²) < 4.78 is 7.48. The summed E-state index contributed by atoms with van der Waals surface area (Å²) in [5.41, 5.74) is 7.29. The number of rotatable bonds is 2. The number of thiophene rings is 1. The van der Waals surface area contributed by atoms with Gasteiger partial charge in [0.25, 0.3) is 0 Å². The van der Waals surface area contributed by atoms with Gasteiger partial charge in [-0.1, -0.05) is 72.8 Å². The van der Waals surface area contributed by atoms with E-state index in [1.807, 2.05) is 11.3 Å². The largest absolute Gasteiger partial charge is 0.309 e. The van der Waals surface area contributed by atoms with E-state index >= 15 is 0 Å². The Morgan fingerprint density at radius 3 is 1.38 bits per heavy atom. The lowest BCUT2D eigenvalue weighted by Gasteiger charge is -2.11. The summed E-state index contributed by atoms with van der Waals surface area (Å²) >= 11 is 1.88. The summed E-state index contributed by atoms with van der Waals surface area (Å²) in [4.78, 5) is 0. The molecule has 0 aliphatic heterocycles. The third-order valence-electron chi connectivity index (χ3n) is 8.12. The molecule has 3 aromatic heterocycles. The number of benzene rings is 6. The van der Waals surface area contributed by atoms with Gasteiger partial charge in [0.05, 0.1) is 22.1 Å². The van der Waals surface area contributed by atoms with Crippen LogP contribution in [0, 0.1) is 0 Å². The molecule has 3 heterocycles. The Bertz CT molecular complexity index is 2330. The first kappa shape index (κ1) is 21.1. The van der Waals surface area contributed by atoms with Gasteiger partial charge in [0.1, 0.15) is 0 Å². The van der Waals surface area contributed by atoms with Gasteiger partial charge in [-0.15, -0.1) is 11.3 Å². The fourth-order valence-electron chi connectivity index (χ4n) is 6.42. The van der Waals surface area contributed by atoms with Gasteiger partial charge < -0.3 is 9.13 Å². The van der Waals surface area contributed by atoms with Crippen LogP contribution in [0.3, 0.4) is 0 Å². The molecular formula is C36H22N2S. The molecule has 6 aromatic carbocycles. The lowest BCUT2D eigenvalue weighted by atomic mass is 10.1. The molecule has 0 N–H and O–H groups in total. The molecule has 2 nitrogen and oxygen atoms in total. The third-order valence-corrected chi connectivity index (χ3v) is 9.25. The Balaban J connectivity index is 1.30. The van der Waals surface area contributed by atoms with E-state index < -0.39 is 0 Å². The highest BCUT2D eigenvalue weighted by Gasteiger charge is 2.16. The summed E-state index contributed by atoms with van der Waals surface area (Å²) in [6, 6.07) is 48.7. The molecule has 182 valence electrons. The predicted molar refractivity (Wildman–Crippen MR) is 168 cm³/mol. The van der Waals surface area contributed by atoms with E-state index in [1.54, 1.807) is 0 Å². The van der Waals surface area contributed by atoms with Crippen LogP contribution >= 0.6 is 11.3 Å². The van der Waals surface area contributed by atoms with Gasteiger partial charge in [-0.25, -0.2) is 0 Å². The van der Waals surface area contributed by atoms with Crippen molar-refractivity contribution in [2.24, 2.45) is 0 Å². The molecule has 0 aliphatic carbocycles. The number of hydrogen-bond donors (Lipinski definition) is 0. The quantitative estimate of drug-likeness (QED) is 0.217. The van der Waals surface area contributed by atoms with Crippen molar-refractivity contribution in [1.29, 1.82) is 0 Å². The fourth-order valence-corrected chi connectivity index (χ4v) is 7.54. The average Bonchev–Trinajstić information content (AvgIpc) is 3.63. The molecular weight excluding hydrogens is 492 g/mol. The molecule has 39 heavy (non-hydrogen) atoms. The maximum Gasteiger partial charge on any atom is 0.0548 e. The van der Waals surface area contributed by atoms with E-state index in [0.29, 0.717) is 0 Å². The van der Waals surface area contributed by atoms with E-state index in [4.69, 9.17) is 0 Å². The first-order chi connectivity index (χ1) is 19.3. The van der Waals surface area contributed by atoms with Crippen molar-refractivity contribution in [2.45, 2.75) is 0 Å². The fraction of sp³-hybridized carbons (Fsp3) is 0. The van der Waals surface area contributed by atoms with E-state index in [0.717, 1.165) is 0 Å². The number of aromatic nitrogens is 2. The van der Waals surface area contributed by atoms with Crippen LogP contribution in [0.4, 0.5) is 0 Å². The number of para-hydroxylation sites is 3. The van der Waals surface area contributed by atoms with Gasteiger partial charge in [0, 0.05) is 53.1 Å². The number of hydrogen-bond acceptors (Lipinski definition) is 1. The third kappa shape index (κ3) is 2.91. The molecule has 0 spiro atoms. The van der Waals surface area contributed by atoms with Crippen molar-refractivity contribution in [3.8, 4) is 11.4 Å². The summed E-state index contributed by atoms with van der Waals surface area (Å²) in [7, 11) is 0. The summed E-state index contributed by atoms with van der Waals surface area (Å²) in [6.07, 6.45) is 0. The second kappa shape index (κ2) is 7.83. The van der Waals surface area contributed by atoms with Crippen molar-refractivity contribution < 1.29 is 0 Å². The lowest BCUT2D eigenvalue weighted by molar-refractivity contribution is 1.15. The van der Waals surface area contributed by atoms with Crippen LogP contribution in [0.15, 0.2) is 133 Å². The molecule has 9 aromatic rings. The van der Waals surface area contributed by atoms with E-state index in [1.165, 1.54) is 75.2 Å². The second-order valence-electron chi connectivity index (χ2n) is 10.2. The minimum absolute atomic E-state index is 1.17. The Morgan fingerprint density at radius 2 is 0.795 bits per heavy atom. The Morgan fingerprint density at radius 1 is 0.333 bits per heavy atom. The summed E-state index contributed by atoms with van der Waals surface area (Å²) in [5.74, 6) is 0. The zero-order chi connectivity index (χ0) is 25.5. The van der Waals surface area contributed by atoms with Gasteiger partial charge in [0.15, 0.2) is 0 Å².